The lowest BCUT2D eigenvalue weighted by molar-refractivity contribution is -0.139. The lowest BCUT2D eigenvalue weighted by atomic mass is 10.2. The van der Waals surface area contributed by atoms with Crippen molar-refractivity contribution in [1.82, 2.24) is 9.62 Å². The van der Waals surface area contributed by atoms with Crippen LogP contribution in [0.5, 0.6) is 0 Å². The second kappa shape index (κ2) is 9.48. The van der Waals surface area contributed by atoms with Gasteiger partial charge >= 0.3 is 5.97 Å². The van der Waals surface area contributed by atoms with Crippen LogP contribution in [0, 0.1) is 0 Å². The van der Waals surface area contributed by atoms with Crippen molar-refractivity contribution in [3.05, 3.63) is 65.7 Å². The van der Waals surface area contributed by atoms with Gasteiger partial charge in [0.25, 0.3) is 5.91 Å². The average Bonchev–Trinajstić information content (AvgIpc) is 2.68. The maximum absolute atomic E-state index is 12.4. The Hall–Kier alpha value is -2.71. The fourth-order valence-corrected chi connectivity index (χ4v) is 3.61. The molecule has 28 heavy (non-hydrogen) atoms. The van der Waals surface area contributed by atoms with Gasteiger partial charge in [0.05, 0.1) is 10.5 Å². The lowest BCUT2D eigenvalue weighted by Gasteiger charge is -2.21. The third kappa shape index (κ3) is 5.64. The van der Waals surface area contributed by atoms with Gasteiger partial charge < -0.3 is 9.64 Å². The van der Waals surface area contributed by atoms with Crippen LogP contribution < -0.4 is 4.72 Å². The maximum Gasteiger partial charge on any atom is 0.338 e. The van der Waals surface area contributed by atoms with E-state index >= 15 is 0 Å². The smallest absolute Gasteiger partial charge is 0.338 e. The summed E-state index contributed by atoms with van der Waals surface area (Å²) in [6.07, 6.45) is -0.966. The Kier molecular flexibility index (Phi) is 7.31. The number of rotatable bonds is 8. The number of carbonyl (C=O) groups is 2. The molecule has 2 aromatic carbocycles. The van der Waals surface area contributed by atoms with Crippen molar-refractivity contribution in [1.29, 1.82) is 0 Å². The second-order valence-electron chi connectivity index (χ2n) is 6.25. The predicted octanol–water partition coefficient (Wildman–Crippen LogP) is 2.19. The van der Waals surface area contributed by atoms with Gasteiger partial charge in [-0.2, -0.15) is 0 Å². The van der Waals surface area contributed by atoms with Gasteiger partial charge in [0.2, 0.25) is 10.0 Å². The molecule has 0 radical (unpaired) electrons. The number of nitrogens with zero attached hydrogens (tertiary/aromatic N) is 1. The third-order valence-electron chi connectivity index (χ3n) is 4.01. The van der Waals surface area contributed by atoms with Crippen molar-refractivity contribution >= 4 is 21.9 Å². The molecule has 0 heterocycles. The van der Waals surface area contributed by atoms with Gasteiger partial charge in [-0.05, 0) is 36.8 Å². The van der Waals surface area contributed by atoms with Gasteiger partial charge in [0.1, 0.15) is 0 Å². The zero-order valence-electron chi connectivity index (χ0n) is 16.1. The van der Waals surface area contributed by atoms with E-state index < -0.39 is 22.1 Å². The monoisotopic (exact) mass is 404 g/mol. The molecule has 0 aliphatic heterocycles. The first-order chi connectivity index (χ1) is 13.2. The number of amides is 1. The van der Waals surface area contributed by atoms with Crippen molar-refractivity contribution in [3.8, 4) is 0 Å². The SMILES string of the molecule is CCNS(=O)(=O)c1ccc(C(=O)OC(C)C(=O)N(C)Cc2ccccc2)cc1. The van der Waals surface area contributed by atoms with Crippen molar-refractivity contribution in [3.63, 3.8) is 0 Å². The molecule has 0 bridgehead atoms. The molecule has 1 N–H and O–H groups in total. The molecule has 0 saturated carbocycles. The summed E-state index contributed by atoms with van der Waals surface area (Å²) in [6, 6.07) is 14.8. The van der Waals surface area contributed by atoms with E-state index in [1.54, 1.807) is 14.0 Å². The Labute approximate surface area is 165 Å². The summed E-state index contributed by atoms with van der Waals surface area (Å²) < 4.78 is 31.5. The molecule has 2 rings (SSSR count). The van der Waals surface area contributed by atoms with Gasteiger partial charge in [0, 0.05) is 20.1 Å². The highest BCUT2D eigenvalue weighted by Gasteiger charge is 2.23. The minimum absolute atomic E-state index is 0.0534. The zero-order chi connectivity index (χ0) is 20.7. The van der Waals surface area contributed by atoms with Gasteiger partial charge in [-0.1, -0.05) is 37.3 Å². The van der Waals surface area contributed by atoms with E-state index in [2.05, 4.69) is 4.72 Å². The molecule has 7 nitrogen and oxygen atoms in total. The topological polar surface area (TPSA) is 92.8 Å². The number of hydrogen-bond donors (Lipinski definition) is 1. The van der Waals surface area contributed by atoms with Crippen LogP contribution in [0.2, 0.25) is 0 Å². The Morgan fingerprint density at radius 1 is 1.07 bits per heavy atom. The second-order valence-corrected chi connectivity index (χ2v) is 8.02. The van der Waals surface area contributed by atoms with E-state index in [9.17, 15) is 18.0 Å². The summed E-state index contributed by atoms with van der Waals surface area (Å²) in [4.78, 5) is 26.2. The van der Waals surface area contributed by atoms with E-state index in [1.807, 2.05) is 30.3 Å². The first-order valence-corrected chi connectivity index (χ1v) is 10.3. The van der Waals surface area contributed by atoms with Crippen molar-refractivity contribution in [2.24, 2.45) is 0 Å². The van der Waals surface area contributed by atoms with Crippen LogP contribution in [0.15, 0.2) is 59.5 Å². The largest absolute Gasteiger partial charge is 0.449 e. The van der Waals surface area contributed by atoms with Crippen molar-refractivity contribution in [2.45, 2.75) is 31.4 Å². The fraction of sp³-hybridized carbons (Fsp3) is 0.300. The number of sulfonamides is 1. The van der Waals surface area contributed by atoms with Crippen LogP contribution >= 0.6 is 0 Å². The summed E-state index contributed by atoms with van der Waals surface area (Å²) in [5.41, 5.74) is 1.13. The van der Waals surface area contributed by atoms with Crippen LogP contribution in [0.3, 0.4) is 0 Å². The van der Waals surface area contributed by atoms with Crippen LogP contribution in [0.1, 0.15) is 29.8 Å². The molecule has 150 valence electrons. The molecular formula is C20H24N2O5S. The Morgan fingerprint density at radius 2 is 1.68 bits per heavy atom. The number of esters is 1. The first-order valence-electron chi connectivity index (χ1n) is 8.84. The maximum atomic E-state index is 12.4. The van der Waals surface area contributed by atoms with E-state index in [4.69, 9.17) is 4.74 Å². The van der Waals surface area contributed by atoms with E-state index in [0.29, 0.717) is 6.54 Å². The van der Waals surface area contributed by atoms with Gasteiger partial charge in [-0.25, -0.2) is 17.9 Å². The van der Waals surface area contributed by atoms with Crippen LogP contribution in [0.25, 0.3) is 0 Å². The molecule has 0 spiro atoms. The van der Waals surface area contributed by atoms with Crippen LogP contribution in [0.4, 0.5) is 0 Å². The molecule has 2 aromatic rings. The normalized spacial score (nSPS) is 12.2. The molecule has 0 saturated heterocycles. The van der Waals surface area contributed by atoms with E-state index in [0.717, 1.165) is 5.56 Å². The quantitative estimate of drug-likeness (QED) is 0.681. The summed E-state index contributed by atoms with van der Waals surface area (Å²) >= 11 is 0. The molecule has 0 fully saturated rings. The van der Waals surface area contributed by atoms with Crippen molar-refractivity contribution in [2.75, 3.05) is 13.6 Å². The van der Waals surface area contributed by atoms with Crippen LogP contribution in [-0.4, -0.2) is 44.9 Å². The minimum Gasteiger partial charge on any atom is -0.449 e. The number of hydrogen-bond acceptors (Lipinski definition) is 5. The Morgan fingerprint density at radius 3 is 2.25 bits per heavy atom. The molecule has 8 heteroatoms. The molecule has 1 amide bonds. The highest BCUT2D eigenvalue weighted by Crippen LogP contribution is 2.13. The summed E-state index contributed by atoms with van der Waals surface area (Å²) in [6.45, 7) is 3.85. The number of benzene rings is 2. The summed E-state index contributed by atoms with van der Waals surface area (Å²) in [5, 5.41) is 0. The molecular weight excluding hydrogens is 380 g/mol. The minimum atomic E-state index is -3.59. The van der Waals surface area contributed by atoms with E-state index in [-0.39, 0.29) is 22.9 Å². The Balaban J connectivity index is 1.98. The molecule has 1 atom stereocenters. The number of ether oxygens (including phenoxy) is 1. The lowest BCUT2D eigenvalue weighted by Crippen LogP contribution is -2.37. The molecule has 0 aromatic heterocycles. The average molecular weight is 404 g/mol. The number of likely N-dealkylation sites (N-methyl/N-ethyl adjacent to an activating group) is 1. The highest BCUT2D eigenvalue weighted by molar-refractivity contribution is 7.89. The van der Waals surface area contributed by atoms with Gasteiger partial charge in [-0.15, -0.1) is 0 Å². The number of carbonyl (C=O) groups excluding carboxylic acids is 2. The Bertz CT molecular complexity index is 911. The molecule has 1 unspecified atom stereocenters. The van der Waals surface area contributed by atoms with E-state index in [1.165, 1.54) is 36.1 Å². The van der Waals surface area contributed by atoms with Gasteiger partial charge in [0.15, 0.2) is 6.10 Å². The fourth-order valence-electron chi connectivity index (χ4n) is 2.57. The third-order valence-corrected chi connectivity index (χ3v) is 5.57. The summed E-state index contributed by atoms with van der Waals surface area (Å²) in [5.74, 6) is -1.02. The van der Waals surface area contributed by atoms with Crippen LogP contribution in [-0.2, 0) is 26.1 Å². The highest BCUT2D eigenvalue weighted by atomic mass is 32.2. The standard InChI is InChI=1S/C20H24N2O5S/c1-4-21-28(25,26)18-12-10-17(11-13-18)20(24)27-15(2)19(23)22(3)14-16-8-6-5-7-9-16/h5-13,15,21H,4,14H2,1-3H3. The van der Waals surface area contributed by atoms with Crippen molar-refractivity contribution < 1.29 is 22.7 Å². The first kappa shape index (κ1) is 21.6. The molecule has 0 aliphatic rings. The predicted molar refractivity (Wildman–Crippen MR) is 105 cm³/mol. The van der Waals surface area contributed by atoms with Gasteiger partial charge in [-0.3, -0.25) is 4.79 Å². The zero-order valence-corrected chi connectivity index (χ0v) is 16.9. The summed E-state index contributed by atoms with van der Waals surface area (Å²) in [7, 11) is -1.95. The number of nitrogens with one attached hydrogen (secondary N) is 1. The molecule has 0 aliphatic carbocycles.